The van der Waals surface area contributed by atoms with Crippen LogP contribution >= 0.6 is 0 Å². The van der Waals surface area contributed by atoms with Gasteiger partial charge in [0.1, 0.15) is 0 Å². The summed E-state index contributed by atoms with van der Waals surface area (Å²) in [6.07, 6.45) is 5.03. The lowest BCUT2D eigenvalue weighted by Crippen LogP contribution is -2.44. The molecular formula is C12H23NO2. The zero-order valence-corrected chi connectivity index (χ0v) is 10.1. The molecule has 3 heteroatoms. The highest BCUT2D eigenvalue weighted by Gasteiger charge is 2.40. The van der Waals surface area contributed by atoms with Crippen molar-refractivity contribution >= 4 is 5.97 Å². The van der Waals surface area contributed by atoms with Gasteiger partial charge in [-0.3, -0.25) is 4.79 Å². The van der Waals surface area contributed by atoms with E-state index in [1.165, 1.54) is 20.0 Å². The average molecular weight is 213 g/mol. The second-order valence-electron chi connectivity index (χ2n) is 5.11. The van der Waals surface area contributed by atoms with Crippen LogP contribution in [-0.4, -0.2) is 19.1 Å². The number of rotatable bonds is 3. The lowest BCUT2D eigenvalue weighted by Gasteiger charge is -2.42. The topological polar surface area (TPSA) is 52.3 Å². The minimum Gasteiger partial charge on any atom is -0.469 e. The molecule has 0 bridgehead atoms. The van der Waals surface area contributed by atoms with Crippen LogP contribution in [0, 0.1) is 11.3 Å². The van der Waals surface area contributed by atoms with Gasteiger partial charge in [0.15, 0.2) is 0 Å². The fourth-order valence-electron chi connectivity index (χ4n) is 2.80. The molecule has 0 heterocycles. The summed E-state index contributed by atoms with van der Waals surface area (Å²) in [5.41, 5.74) is 6.04. The van der Waals surface area contributed by atoms with Crippen LogP contribution in [0.3, 0.4) is 0 Å². The minimum atomic E-state index is -0.124. The number of nitrogens with two attached hydrogens (primary N) is 1. The van der Waals surface area contributed by atoms with Crippen LogP contribution in [0.1, 0.15) is 46.0 Å². The van der Waals surface area contributed by atoms with Gasteiger partial charge < -0.3 is 10.5 Å². The minimum absolute atomic E-state index is 0.0231. The summed E-state index contributed by atoms with van der Waals surface area (Å²) in [7, 11) is 1.45. The Bertz CT molecular complexity index is 228. The Balaban J connectivity index is 2.73. The number of carbonyl (C=O) groups excluding carboxylic acids is 1. The molecule has 0 radical (unpaired) electrons. The second-order valence-corrected chi connectivity index (χ2v) is 5.11. The van der Waals surface area contributed by atoms with E-state index in [2.05, 4.69) is 6.92 Å². The summed E-state index contributed by atoms with van der Waals surface area (Å²) in [6, 6.07) is 0.0688. The molecule has 3 nitrogen and oxygen atoms in total. The van der Waals surface area contributed by atoms with Gasteiger partial charge in [0.2, 0.25) is 0 Å². The third-order valence-electron chi connectivity index (χ3n) is 3.82. The largest absolute Gasteiger partial charge is 0.469 e. The van der Waals surface area contributed by atoms with Crippen molar-refractivity contribution in [2.24, 2.45) is 17.1 Å². The molecule has 1 aliphatic rings. The molecular weight excluding hydrogens is 190 g/mol. The van der Waals surface area contributed by atoms with E-state index >= 15 is 0 Å². The Hall–Kier alpha value is -0.570. The van der Waals surface area contributed by atoms with Crippen LogP contribution in [0.4, 0.5) is 0 Å². The Kier molecular flexibility index (Phi) is 4.14. The van der Waals surface area contributed by atoms with Crippen molar-refractivity contribution in [3.63, 3.8) is 0 Å². The molecule has 3 unspecified atom stereocenters. The number of hydrogen-bond acceptors (Lipinski definition) is 3. The number of carbonyl (C=O) groups is 1. The molecule has 0 aromatic heterocycles. The first-order chi connectivity index (χ1) is 7.00. The van der Waals surface area contributed by atoms with Gasteiger partial charge in [-0.25, -0.2) is 0 Å². The van der Waals surface area contributed by atoms with E-state index in [-0.39, 0.29) is 17.4 Å². The highest BCUT2D eigenvalue weighted by Crippen LogP contribution is 2.44. The Labute approximate surface area is 92.4 Å². The molecule has 0 amide bonds. The number of esters is 1. The van der Waals surface area contributed by atoms with Crippen LogP contribution in [0.25, 0.3) is 0 Å². The van der Waals surface area contributed by atoms with Crippen LogP contribution in [-0.2, 0) is 9.53 Å². The third kappa shape index (κ3) is 2.94. The smallest absolute Gasteiger partial charge is 0.306 e. The summed E-state index contributed by atoms with van der Waals surface area (Å²) < 4.78 is 4.77. The van der Waals surface area contributed by atoms with Crippen LogP contribution in [0.5, 0.6) is 0 Å². The zero-order chi connectivity index (χ0) is 11.5. The molecule has 88 valence electrons. The molecule has 0 aromatic carbocycles. The van der Waals surface area contributed by atoms with Crippen molar-refractivity contribution in [2.75, 3.05) is 7.11 Å². The monoisotopic (exact) mass is 213 g/mol. The molecule has 1 rings (SSSR count). The zero-order valence-electron chi connectivity index (χ0n) is 10.1. The Morgan fingerprint density at radius 2 is 2.33 bits per heavy atom. The molecule has 0 spiro atoms. The average Bonchev–Trinajstić information content (AvgIpc) is 2.17. The first-order valence-corrected chi connectivity index (χ1v) is 5.82. The van der Waals surface area contributed by atoms with E-state index in [0.717, 1.165) is 12.8 Å². The summed E-state index contributed by atoms with van der Waals surface area (Å²) >= 11 is 0. The molecule has 1 aliphatic carbocycles. The second kappa shape index (κ2) is 4.97. The van der Waals surface area contributed by atoms with Crippen molar-refractivity contribution in [3.05, 3.63) is 0 Å². The van der Waals surface area contributed by atoms with Crippen LogP contribution < -0.4 is 5.73 Å². The molecule has 2 N–H and O–H groups in total. The number of hydrogen-bond donors (Lipinski definition) is 1. The summed E-state index contributed by atoms with van der Waals surface area (Å²) in [5, 5.41) is 0. The lowest BCUT2D eigenvalue weighted by atomic mass is 9.64. The predicted molar refractivity (Wildman–Crippen MR) is 60.3 cm³/mol. The van der Waals surface area contributed by atoms with Gasteiger partial charge in [-0.2, -0.15) is 0 Å². The van der Waals surface area contributed by atoms with Crippen LogP contribution in [0.15, 0.2) is 0 Å². The van der Waals surface area contributed by atoms with Gasteiger partial charge in [-0.15, -0.1) is 0 Å². The van der Waals surface area contributed by atoms with E-state index < -0.39 is 0 Å². The predicted octanol–water partition coefficient (Wildman–Crippen LogP) is 2.09. The molecule has 1 fully saturated rings. The lowest BCUT2D eigenvalue weighted by molar-refractivity contribution is -0.144. The molecule has 0 aliphatic heterocycles. The maximum Gasteiger partial charge on any atom is 0.306 e. The van der Waals surface area contributed by atoms with E-state index in [0.29, 0.717) is 12.3 Å². The Morgan fingerprint density at radius 1 is 1.67 bits per heavy atom. The number of methoxy groups -OCH3 is 1. The molecule has 3 atom stereocenters. The maximum atomic E-state index is 11.4. The third-order valence-corrected chi connectivity index (χ3v) is 3.82. The van der Waals surface area contributed by atoms with Gasteiger partial charge in [0, 0.05) is 6.04 Å². The fourth-order valence-corrected chi connectivity index (χ4v) is 2.80. The van der Waals surface area contributed by atoms with Crippen molar-refractivity contribution in [1.29, 1.82) is 0 Å². The van der Waals surface area contributed by atoms with Gasteiger partial charge >= 0.3 is 5.97 Å². The first kappa shape index (κ1) is 12.5. The fraction of sp³-hybridized carbons (Fsp3) is 0.917. The highest BCUT2D eigenvalue weighted by atomic mass is 16.5. The van der Waals surface area contributed by atoms with E-state index in [9.17, 15) is 4.79 Å². The summed E-state index contributed by atoms with van der Waals surface area (Å²) in [6.45, 7) is 4.26. The summed E-state index contributed by atoms with van der Waals surface area (Å²) in [4.78, 5) is 11.4. The van der Waals surface area contributed by atoms with Crippen molar-refractivity contribution in [1.82, 2.24) is 0 Å². The van der Waals surface area contributed by atoms with Crippen molar-refractivity contribution < 1.29 is 9.53 Å². The van der Waals surface area contributed by atoms with Crippen molar-refractivity contribution in [3.8, 4) is 0 Å². The molecule has 0 aromatic rings. The van der Waals surface area contributed by atoms with Crippen LogP contribution in [0.2, 0.25) is 0 Å². The quantitative estimate of drug-likeness (QED) is 0.730. The van der Waals surface area contributed by atoms with E-state index in [1.54, 1.807) is 0 Å². The Morgan fingerprint density at radius 3 is 2.80 bits per heavy atom. The molecule has 15 heavy (non-hydrogen) atoms. The summed E-state index contributed by atoms with van der Waals surface area (Å²) in [5.74, 6) is 0.552. The van der Waals surface area contributed by atoms with Gasteiger partial charge in [0.25, 0.3) is 0 Å². The maximum absolute atomic E-state index is 11.4. The van der Waals surface area contributed by atoms with E-state index in [1.807, 2.05) is 6.92 Å². The van der Waals surface area contributed by atoms with Gasteiger partial charge in [-0.1, -0.05) is 19.8 Å². The molecule has 1 saturated carbocycles. The number of ether oxygens (including phenoxy) is 1. The van der Waals surface area contributed by atoms with Crippen molar-refractivity contribution in [2.45, 2.75) is 52.0 Å². The van der Waals surface area contributed by atoms with E-state index in [4.69, 9.17) is 10.5 Å². The highest BCUT2D eigenvalue weighted by molar-refractivity contribution is 5.70. The normalized spacial score (nSPS) is 33.5. The first-order valence-electron chi connectivity index (χ1n) is 5.82. The standard InChI is InChI=1S/C12H23NO2/c1-9-5-4-6-12(7-9,10(2)13)8-11(14)15-3/h9-10H,4-8,13H2,1-3H3. The van der Waals surface area contributed by atoms with Gasteiger partial charge in [-0.05, 0) is 31.1 Å². The van der Waals surface area contributed by atoms with Gasteiger partial charge in [0.05, 0.1) is 13.5 Å². The molecule has 0 saturated heterocycles. The SMILES string of the molecule is COC(=O)CC1(C(C)N)CCCC(C)C1.